The van der Waals surface area contributed by atoms with Crippen molar-refractivity contribution in [1.82, 2.24) is 0 Å². The van der Waals surface area contributed by atoms with Crippen molar-refractivity contribution in [3.63, 3.8) is 0 Å². The molecule has 0 radical (unpaired) electrons. The van der Waals surface area contributed by atoms with Gasteiger partial charge in [0.15, 0.2) is 0 Å². The maximum absolute atomic E-state index is 10.7. The van der Waals surface area contributed by atoms with Crippen LogP contribution in [0.1, 0.15) is 155 Å². The number of unbranched alkanes of at least 4 members (excludes halogenated alkanes) is 21. The van der Waals surface area contributed by atoms with Gasteiger partial charge in [0, 0.05) is 12.2 Å². The number of hydrogen-bond acceptors (Lipinski definition) is 3. The van der Waals surface area contributed by atoms with Crippen LogP contribution >= 0.6 is 0 Å². The van der Waals surface area contributed by atoms with Crippen molar-refractivity contribution in [2.24, 2.45) is 0 Å². The highest BCUT2D eigenvalue weighted by atomic mass is 32.2. The summed E-state index contributed by atoms with van der Waals surface area (Å²) in [6.45, 7) is 4.12. The van der Waals surface area contributed by atoms with E-state index in [2.05, 4.69) is 21.0 Å². The molecule has 0 aromatic heterocycles. The Morgan fingerprint density at radius 1 is 0.471 bits per heavy atom. The van der Waals surface area contributed by atoms with Crippen LogP contribution in [0.2, 0.25) is 0 Å². The minimum Gasteiger partial charge on any atom is -0.748 e. The molecule has 0 unspecified atom stereocenters. The van der Waals surface area contributed by atoms with Crippen molar-refractivity contribution in [3.05, 3.63) is 0 Å². The van der Waals surface area contributed by atoms with Crippen LogP contribution in [-0.2, 0) is 10.1 Å². The summed E-state index contributed by atoms with van der Waals surface area (Å²) in [5, 5.41) is 0. The van der Waals surface area contributed by atoms with Gasteiger partial charge in [0.2, 0.25) is 0 Å². The fourth-order valence-corrected chi connectivity index (χ4v) is 5.41. The molecular weight excluding hydrogens is 442 g/mol. The van der Waals surface area contributed by atoms with Gasteiger partial charge < -0.3 is 9.04 Å². The molecule has 0 aromatic rings. The van der Waals surface area contributed by atoms with Crippen LogP contribution in [0.4, 0.5) is 0 Å². The van der Waals surface area contributed by atoms with E-state index in [9.17, 15) is 13.0 Å². The minimum atomic E-state index is -4.06. The third-order valence-corrected chi connectivity index (χ3v) is 8.06. The normalized spacial score (nSPS) is 12.5. The molecule has 34 heavy (non-hydrogen) atoms. The van der Waals surface area contributed by atoms with Crippen LogP contribution in [0.15, 0.2) is 0 Å². The molecule has 0 aromatic carbocycles. The Balaban J connectivity index is 3.23. The zero-order valence-corrected chi connectivity index (χ0v) is 24.3. The Morgan fingerprint density at radius 3 is 1.03 bits per heavy atom. The van der Waals surface area contributed by atoms with E-state index in [1.54, 1.807) is 0 Å². The predicted octanol–water partition coefficient (Wildman–Crippen LogP) is 8.60. The molecule has 4 nitrogen and oxygen atoms in total. The van der Waals surface area contributed by atoms with Gasteiger partial charge in [-0.1, -0.05) is 135 Å². The Labute approximate surface area is 215 Å². The summed E-state index contributed by atoms with van der Waals surface area (Å²) < 4.78 is 33.0. The molecule has 0 bridgehead atoms. The lowest BCUT2D eigenvalue weighted by atomic mass is 10.0. The molecule has 206 valence electrons. The Hall–Kier alpha value is -0.130. The highest BCUT2D eigenvalue weighted by Crippen LogP contribution is 2.15. The van der Waals surface area contributed by atoms with Gasteiger partial charge in [-0.05, 0) is 12.8 Å². The quantitative estimate of drug-likeness (QED) is 0.0640. The van der Waals surface area contributed by atoms with Gasteiger partial charge in [-0.2, -0.15) is 0 Å². The van der Waals surface area contributed by atoms with Gasteiger partial charge in [0.1, 0.15) is 0 Å². The Morgan fingerprint density at radius 2 is 0.735 bits per heavy atom. The van der Waals surface area contributed by atoms with Gasteiger partial charge in [-0.25, -0.2) is 8.42 Å². The second-order valence-corrected chi connectivity index (χ2v) is 12.9. The molecule has 0 heterocycles. The molecule has 0 aliphatic carbocycles. The van der Waals surface area contributed by atoms with E-state index in [-0.39, 0.29) is 5.75 Å². The standard InChI is InChI=1S/C29H61NO3S/c1-4-5-6-7-8-9-10-11-12-13-14-15-16-17-18-19-20-21-22-23-24-25-27-30(2,3)28-26-29-34(31,32)33/h4-29H2,1-3H3. The molecule has 0 saturated heterocycles. The highest BCUT2D eigenvalue weighted by molar-refractivity contribution is 7.85. The van der Waals surface area contributed by atoms with Crippen molar-refractivity contribution in [2.75, 3.05) is 32.9 Å². The molecule has 0 amide bonds. The maximum atomic E-state index is 10.7. The van der Waals surface area contributed by atoms with Crippen LogP contribution < -0.4 is 0 Å². The SMILES string of the molecule is CCCCCCCCCCCCCCCCCCCCCCCC[N+](C)(C)CCCS(=O)(=O)[O-]. The first-order chi connectivity index (χ1) is 16.3. The molecule has 0 saturated carbocycles. The Bertz CT molecular complexity index is 519. The second-order valence-electron chi connectivity index (χ2n) is 11.4. The second kappa shape index (κ2) is 23.3. The first kappa shape index (κ1) is 33.9. The molecule has 0 N–H and O–H groups in total. The largest absolute Gasteiger partial charge is 0.748 e. The molecule has 5 heteroatoms. The van der Waals surface area contributed by atoms with Crippen LogP contribution in [0.5, 0.6) is 0 Å². The van der Waals surface area contributed by atoms with Crippen LogP contribution in [-0.4, -0.2) is 50.4 Å². The van der Waals surface area contributed by atoms with Gasteiger partial charge in [-0.15, -0.1) is 0 Å². The average molecular weight is 504 g/mol. The molecular formula is C29H61NO3S. The third kappa shape index (κ3) is 28.1. The summed E-state index contributed by atoms with van der Waals surface area (Å²) in [6, 6.07) is 0. The van der Waals surface area contributed by atoms with E-state index in [0.29, 0.717) is 6.42 Å². The smallest absolute Gasteiger partial charge is 0.0948 e. The lowest BCUT2D eigenvalue weighted by Gasteiger charge is -2.30. The van der Waals surface area contributed by atoms with Crippen LogP contribution in [0.25, 0.3) is 0 Å². The van der Waals surface area contributed by atoms with E-state index in [1.807, 2.05) is 0 Å². The molecule has 0 spiro atoms. The molecule has 0 fully saturated rings. The zero-order chi connectivity index (χ0) is 25.4. The van der Waals surface area contributed by atoms with E-state index in [0.717, 1.165) is 17.6 Å². The first-order valence-corrected chi connectivity index (χ1v) is 16.6. The summed E-state index contributed by atoms with van der Waals surface area (Å²) in [7, 11) is 0.204. The fourth-order valence-electron chi connectivity index (χ4n) is 4.93. The van der Waals surface area contributed by atoms with Crippen molar-refractivity contribution in [2.45, 2.75) is 155 Å². The maximum Gasteiger partial charge on any atom is 0.0948 e. The summed E-state index contributed by atoms with van der Waals surface area (Å²) in [4.78, 5) is 0. The number of quaternary nitrogens is 1. The molecule has 0 rings (SSSR count). The summed E-state index contributed by atoms with van der Waals surface area (Å²) in [6.07, 6.45) is 31.4. The monoisotopic (exact) mass is 503 g/mol. The van der Waals surface area contributed by atoms with Crippen LogP contribution in [0, 0.1) is 0 Å². The fraction of sp³-hybridized carbons (Fsp3) is 1.00. The number of hydrogen-bond donors (Lipinski definition) is 0. The molecule has 0 aliphatic heterocycles. The van der Waals surface area contributed by atoms with E-state index >= 15 is 0 Å². The number of rotatable bonds is 27. The van der Waals surface area contributed by atoms with Crippen molar-refractivity contribution in [3.8, 4) is 0 Å². The summed E-state index contributed by atoms with van der Waals surface area (Å²) in [5.74, 6) is -0.228. The first-order valence-electron chi connectivity index (χ1n) is 15.0. The zero-order valence-electron chi connectivity index (χ0n) is 23.5. The highest BCUT2D eigenvalue weighted by Gasteiger charge is 2.14. The van der Waals surface area contributed by atoms with Crippen molar-refractivity contribution in [1.29, 1.82) is 0 Å². The van der Waals surface area contributed by atoms with Gasteiger partial charge >= 0.3 is 0 Å². The van der Waals surface area contributed by atoms with Crippen molar-refractivity contribution < 1.29 is 17.5 Å². The lowest BCUT2D eigenvalue weighted by molar-refractivity contribution is -0.890. The third-order valence-electron chi connectivity index (χ3n) is 7.27. The van der Waals surface area contributed by atoms with E-state index in [4.69, 9.17) is 0 Å². The van der Waals surface area contributed by atoms with E-state index < -0.39 is 10.1 Å². The number of nitrogens with zero attached hydrogens (tertiary/aromatic N) is 1. The lowest BCUT2D eigenvalue weighted by Crippen LogP contribution is -2.41. The minimum absolute atomic E-state index is 0.228. The molecule has 0 atom stereocenters. The van der Waals surface area contributed by atoms with Gasteiger partial charge in [0.05, 0.1) is 37.3 Å². The Kier molecular flexibility index (Phi) is 23.2. The summed E-state index contributed by atoms with van der Waals surface area (Å²) in [5.41, 5.74) is 0. The van der Waals surface area contributed by atoms with Crippen molar-refractivity contribution >= 4 is 10.1 Å². The van der Waals surface area contributed by atoms with Crippen LogP contribution in [0.3, 0.4) is 0 Å². The van der Waals surface area contributed by atoms with Gasteiger partial charge in [0.25, 0.3) is 0 Å². The summed E-state index contributed by atoms with van der Waals surface area (Å²) >= 11 is 0. The molecule has 0 aliphatic rings. The topological polar surface area (TPSA) is 57.2 Å². The van der Waals surface area contributed by atoms with E-state index in [1.165, 1.54) is 141 Å². The van der Waals surface area contributed by atoms with Gasteiger partial charge in [-0.3, -0.25) is 0 Å². The predicted molar refractivity (Wildman–Crippen MR) is 148 cm³/mol. The average Bonchev–Trinajstić information content (AvgIpc) is 2.76.